The van der Waals surface area contributed by atoms with Crippen LogP contribution in [0.25, 0.3) is 0 Å². The third kappa shape index (κ3) is 4.79. The van der Waals surface area contributed by atoms with Crippen molar-refractivity contribution in [3.63, 3.8) is 0 Å². The summed E-state index contributed by atoms with van der Waals surface area (Å²) in [5.74, 6) is -0.273. The highest BCUT2D eigenvalue weighted by atomic mass is 16.5. The first-order valence-electron chi connectivity index (χ1n) is 9.99. The first-order chi connectivity index (χ1) is 14.3. The van der Waals surface area contributed by atoms with E-state index >= 15 is 0 Å². The van der Waals surface area contributed by atoms with Crippen LogP contribution < -0.4 is 15.0 Å². The number of nitrogens with one attached hydrogen (secondary N) is 1. The quantitative estimate of drug-likeness (QED) is 0.702. The predicted molar refractivity (Wildman–Crippen MR) is 114 cm³/mol. The van der Waals surface area contributed by atoms with Gasteiger partial charge in [0, 0.05) is 18.7 Å². The average molecular weight is 410 g/mol. The van der Waals surface area contributed by atoms with Crippen molar-refractivity contribution in [1.29, 1.82) is 0 Å². The summed E-state index contributed by atoms with van der Waals surface area (Å²) in [7, 11) is 0. The molecule has 0 saturated carbocycles. The average Bonchev–Trinajstić information content (AvgIpc) is 2.72. The van der Waals surface area contributed by atoms with Crippen molar-refractivity contribution in [3.8, 4) is 5.75 Å². The third-order valence-electron chi connectivity index (χ3n) is 4.66. The van der Waals surface area contributed by atoms with Crippen LogP contribution in [0.15, 0.2) is 48.5 Å². The van der Waals surface area contributed by atoms with Crippen molar-refractivity contribution in [1.82, 2.24) is 0 Å². The van der Waals surface area contributed by atoms with E-state index in [-0.39, 0.29) is 24.8 Å². The molecule has 1 heterocycles. The molecule has 0 fully saturated rings. The summed E-state index contributed by atoms with van der Waals surface area (Å²) in [4.78, 5) is 38.9. The molecule has 0 saturated heterocycles. The van der Waals surface area contributed by atoms with E-state index in [2.05, 4.69) is 5.32 Å². The molecule has 0 bridgehead atoms. The number of para-hydroxylation sites is 2. The maximum absolute atomic E-state index is 12.8. The minimum Gasteiger partial charge on any atom is -0.476 e. The van der Waals surface area contributed by atoms with E-state index in [9.17, 15) is 14.4 Å². The Labute approximate surface area is 176 Å². The zero-order valence-corrected chi connectivity index (χ0v) is 17.4. The highest BCUT2D eigenvalue weighted by Gasteiger charge is 2.40. The second-order valence-electron chi connectivity index (χ2n) is 7.55. The lowest BCUT2D eigenvalue weighted by Gasteiger charge is -2.38. The molecule has 0 aromatic heterocycles. The normalized spacial score (nSPS) is 14.5. The highest BCUT2D eigenvalue weighted by molar-refractivity contribution is 6.03. The number of esters is 1. The van der Waals surface area contributed by atoms with Gasteiger partial charge in [-0.25, -0.2) is 4.79 Å². The molecular formula is C23H26N2O5. The number of ether oxygens (including phenoxy) is 2. The molecule has 7 heteroatoms. The molecule has 158 valence electrons. The number of carbonyl (C=O) groups excluding carboxylic acids is 3. The fraction of sp³-hybridized carbons (Fsp3) is 0.348. The van der Waals surface area contributed by atoms with E-state index in [1.54, 1.807) is 55.1 Å². The lowest BCUT2D eigenvalue weighted by molar-refractivity contribution is -0.132. The van der Waals surface area contributed by atoms with Crippen molar-refractivity contribution >= 4 is 29.2 Å². The second-order valence-corrected chi connectivity index (χ2v) is 7.55. The van der Waals surface area contributed by atoms with Crippen molar-refractivity contribution in [3.05, 3.63) is 54.1 Å². The summed E-state index contributed by atoms with van der Waals surface area (Å²) in [6.45, 7) is 5.90. The number of rotatable bonds is 7. The maximum atomic E-state index is 12.8. The Kier molecular flexibility index (Phi) is 6.40. The minimum absolute atomic E-state index is 0.0979. The summed E-state index contributed by atoms with van der Waals surface area (Å²) >= 11 is 0. The van der Waals surface area contributed by atoms with Gasteiger partial charge in [0.1, 0.15) is 5.75 Å². The number of amides is 2. The van der Waals surface area contributed by atoms with E-state index in [1.807, 2.05) is 19.1 Å². The van der Waals surface area contributed by atoms with Gasteiger partial charge in [-0.1, -0.05) is 25.1 Å². The largest absolute Gasteiger partial charge is 0.476 e. The molecular weight excluding hydrogens is 384 g/mol. The summed E-state index contributed by atoms with van der Waals surface area (Å²) in [5, 5.41) is 2.78. The first kappa shape index (κ1) is 21.4. The fourth-order valence-electron chi connectivity index (χ4n) is 3.18. The van der Waals surface area contributed by atoms with Crippen LogP contribution in [0.3, 0.4) is 0 Å². The van der Waals surface area contributed by atoms with Crippen molar-refractivity contribution in [2.75, 3.05) is 23.4 Å². The Hall–Kier alpha value is -3.35. The minimum atomic E-state index is -1.00. The van der Waals surface area contributed by atoms with E-state index < -0.39 is 11.6 Å². The summed E-state index contributed by atoms with van der Waals surface area (Å²) in [5.41, 5.74) is 0.522. The van der Waals surface area contributed by atoms with Gasteiger partial charge in [0.2, 0.25) is 5.91 Å². The smallest absolute Gasteiger partial charge is 0.338 e. The van der Waals surface area contributed by atoms with Crippen LogP contribution in [0.1, 0.15) is 44.0 Å². The summed E-state index contributed by atoms with van der Waals surface area (Å²) in [6, 6.07) is 13.9. The van der Waals surface area contributed by atoms with Crippen LogP contribution in [-0.2, 0) is 14.3 Å². The molecule has 0 atom stereocenters. The third-order valence-corrected chi connectivity index (χ3v) is 4.66. The summed E-state index contributed by atoms with van der Waals surface area (Å²) in [6.07, 6.45) is 0.836. The van der Waals surface area contributed by atoms with E-state index in [1.165, 1.54) is 0 Å². The molecule has 30 heavy (non-hydrogen) atoms. The van der Waals surface area contributed by atoms with Crippen molar-refractivity contribution in [2.24, 2.45) is 0 Å². The molecule has 0 unspecified atom stereocenters. The van der Waals surface area contributed by atoms with Gasteiger partial charge in [-0.3, -0.25) is 9.59 Å². The number of anilines is 2. The van der Waals surface area contributed by atoms with Crippen molar-refractivity contribution < 1.29 is 23.9 Å². The van der Waals surface area contributed by atoms with Crippen LogP contribution in [0.2, 0.25) is 0 Å². The zero-order chi connectivity index (χ0) is 21.7. The van der Waals surface area contributed by atoms with Gasteiger partial charge in [-0.05, 0) is 50.6 Å². The number of fused-ring (bicyclic) bond motifs is 1. The predicted octanol–water partition coefficient (Wildman–Crippen LogP) is 3.79. The Morgan fingerprint density at radius 1 is 1.13 bits per heavy atom. The van der Waals surface area contributed by atoms with Crippen LogP contribution in [0, 0.1) is 0 Å². The van der Waals surface area contributed by atoms with Crippen LogP contribution >= 0.6 is 0 Å². The molecule has 2 amide bonds. The number of carbonyl (C=O) groups is 3. The molecule has 1 aliphatic rings. The number of nitrogens with zero attached hydrogens (tertiary/aromatic N) is 1. The number of benzene rings is 2. The Bertz CT molecular complexity index is 954. The van der Waals surface area contributed by atoms with Crippen LogP contribution in [-0.4, -0.2) is 36.5 Å². The molecule has 1 N–H and O–H groups in total. The molecule has 2 aromatic carbocycles. The molecule has 1 aliphatic heterocycles. The van der Waals surface area contributed by atoms with E-state index in [0.717, 1.165) is 6.42 Å². The first-order valence-corrected chi connectivity index (χ1v) is 9.99. The number of hydrogen-bond donors (Lipinski definition) is 1. The maximum Gasteiger partial charge on any atom is 0.338 e. The zero-order valence-electron chi connectivity index (χ0n) is 17.4. The lowest BCUT2D eigenvalue weighted by Crippen LogP contribution is -2.53. The van der Waals surface area contributed by atoms with Gasteiger partial charge in [0.05, 0.1) is 17.9 Å². The Morgan fingerprint density at radius 2 is 1.90 bits per heavy atom. The van der Waals surface area contributed by atoms with Gasteiger partial charge in [0.25, 0.3) is 5.91 Å². The van der Waals surface area contributed by atoms with Gasteiger partial charge < -0.3 is 19.7 Å². The Morgan fingerprint density at radius 3 is 2.67 bits per heavy atom. The molecule has 0 spiro atoms. The molecule has 2 aromatic rings. The lowest BCUT2D eigenvalue weighted by atomic mass is 10.0. The van der Waals surface area contributed by atoms with Gasteiger partial charge in [-0.15, -0.1) is 0 Å². The molecule has 0 radical (unpaired) electrons. The van der Waals surface area contributed by atoms with Crippen LogP contribution in [0.5, 0.6) is 5.75 Å². The topological polar surface area (TPSA) is 84.9 Å². The second kappa shape index (κ2) is 8.98. The van der Waals surface area contributed by atoms with Crippen LogP contribution in [0.4, 0.5) is 11.4 Å². The van der Waals surface area contributed by atoms with Gasteiger partial charge in [-0.2, -0.15) is 0 Å². The molecule has 0 aliphatic carbocycles. The standard InChI is InChI=1S/C23H26N2O5/c1-4-14-29-21(27)16-8-7-9-17(15-16)24-20(26)12-13-25-18-10-5-6-11-19(18)30-23(2,3)22(25)28/h5-11,15H,4,12-14H2,1-3H3,(H,24,26). The van der Waals surface area contributed by atoms with Gasteiger partial charge in [0.15, 0.2) is 5.60 Å². The van der Waals surface area contributed by atoms with Crippen molar-refractivity contribution in [2.45, 2.75) is 39.2 Å². The van der Waals surface area contributed by atoms with Gasteiger partial charge >= 0.3 is 5.97 Å². The van der Waals surface area contributed by atoms with E-state index in [0.29, 0.717) is 29.3 Å². The van der Waals surface area contributed by atoms with E-state index in [4.69, 9.17) is 9.47 Å². The Balaban J connectivity index is 1.65. The fourth-order valence-corrected chi connectivity index (χ4v) is 3.18. The highest BCUT2D eigenvalue weighted by Crippen LogP contribution is 2.37. The monoisotopic (exact) mass is 410 g/mol. The molecule has 7 nitrogen and oxygen atoms in total. The SMILES string of the molecule is CCCOC(=O)c1cccc(NC(=O)CCN2C(=O)C(C)(C)Oc3ccccc32)c1. The molecule has 3 rings (SSSR count). The summed E-state index contributed by atoms with van der Waals surface area (Å²) < 4.78 is 10.9. The number of hydrogen-bond acceptors (Lipinski definition) is 5.